The van der Waals surface area contributed by atoms with Crippen LogP contribution in [0.2, 0.25) is 0 Å². The monoisotopic (exact) mass is 169 g/mol. The molecule has 0 unspecified atom stereocenters. The summed E-state index contributed by atoms with van der Waals surface area (Å²) in [4.78, 5) is 11.0. The standard InChI is InChI=1S/C7H11N3O2/c1-8-3-5-4-9-10-6(5)7(11)12-2/h4,8H,3H2,1-2H3,(H,9,10). The zero-order valence-electron chi connectivity index (χ0n) is 7.05. The molecule has 1 heterocycles. The van der Waals surface area contributed by atoms with Crippen molar-refractivity contribution in [1.29, 1.82) is 0 Å². The number of aromatic amines is 1. The molecule has 0 radical (unpaired) electrons. The predicted octanol–water partition coefficient (Wildman–Crippen LogP) is -0.0843. The highest BCUT2D eigenvalue weighted by Crippen LogP contribution is 2.04. The lowest BCUT2D eigenvalue weighted by atomic mass is 10.2. The van der Waals surface area contributed by atoms with E-state index < -0.39 is 5.97 Å². The van der Waals surface area contributed by atoms with Gasteiger partial charge in [-0.2, -0.15) is 5.10 Å². The molecule has 0 atom stereocenters. The van der Waals surface area contributed by atoms with E-state index in [0.29, 0.717) is 12.2 Å². The SMILES string of the molecule is CNCc1cn[nH]c1C(=O)OC. The van der Waals surface area contributed by atoms with Crippen molar-refractivity contribution in [3.63, 3.8) is 0 Å². The molecule has 1 aromatic heterocycles. The second-order valence-corrected chi connectivity index (χ2v) is 2.29. The van der Waals surface area contributed by atoms with Crippen LogP contribution in [-0.2, 0) is 11.3 Å². The van der Waals surface area contributed by atoms with Crippen LogP contribution in [0.25, 0.3) is 0 Å². The molecule has 0 saturated heterocycles. The summed E-state index contributed by atoms with van der Waals surface area (Å²) >= 11 is 0. The van der Waals surface area contributed by atoms with E-state index >= 15 is 0 Å². The second-order valence-electron chi connectivity index (χ2n) is 2.29. The molecule has 5 nitrogen and oxygen atoms in total. The first-order valence-electron chi connectivity index (χ1n) is 3.54. The van der Waals surface area contributed by atoms with E-state index in [9.17, 15) is 4.79 Å². The summed E-state index contributed by atoms with van der Waals surface area (Å²) in [5, 5.41) is 9.24. The lowest BCUT2D eigenvalue weighted by Crippen LogP contribution is -2.10. The maximum absolute atomic E-state index is 11.0. The Kier molecular flexibility index (Phi) is 2.82. The summed E-state index contributed by atoms with van der Waals surface area (Å²) in [6, 6.07) is 0. The Hall–Kier alpha value is -1.36. The van der Waals surface area contributed by atoms with Crippen LogP contribution in [0.3, 0.4) is 0 Å². The highest BCUT2D eigenvalue weighted by molar-refractivity contribution is 5.88. The summed E-state index contributed by atoms with van der Waals surface area (Å²) in [7, 11) is 3.14. The Balaban J connectivity index is 2.83. The van der Waals surface area contributed by atoms with Gasteiger partial charge in [0, 0.05) is 12.1 Å². The maximum atomic E-state index is 11.0. The fourth-order valence-corrected chi connectivity index (χ4v) is 0.914. The molecular formula is C7H11N3O2. The van der Waals surface area contributed by atoms with Gasteiger partial charge in [-0.05, 0) is 7.05 Å². The predicted molar refractivity (Wildman–Crippen MR) is 42.7 cm³/mol. The van der Waals surface area contributed by atoms with Crippen molar-refractivity contribution in [1.82, 2.24) is 15.5 Å². The minimum Gasteiger partial charge on any atom is -0.464 e. The molecule has 2 N–H and O–H groups in total. The summed E-state index contributed by atoms with van der Waals surface area (Å²) in [6.45, 7) is 0.598. The third kappa shape index (κ3) is 1.62. The van der Waals surface area contributed by atoms with Crippen molar-refractivity contribution >= 4 is 5.97 Å². The van der Waals surface area contributed by atoms with Crippen LogP contribution in [0.5, 0.6) is 0 Å². The van der Waals surface area contributed by atoms with Gasteiger partial charge >= 0.3 is 5.97 Å². The van der Waals surface area contributed by atoms with Crippen molar-refractivity contribution < 1.29 is 9.53 Å². The van der Waals surface area contributed by atoms with E-state index in [0.717, 1.165) is 5.56 Å². The molecule has 0 fully saturated rings. The Bertz CT molecular complexity index is 269. The van der Waals surface area contributed by atoms with Crippen LogP contribution >= 0.6 is 0 Å². The van der Waals surface area contributed by atoms with Crippen molar-refractivity contribution in [3.8, 4) is 0 Å². The molecule has 12 heavy (non-hydrogen) atoms. The van der Waals surface area contributed by atoms with Crippen molar-refractivity contribution in [3.05, 3.63) is 17.5 Å². The van der Waals surface area contributed by atoms with Gasteiger partial charge < -0.3 is 10.1 Å². The van der Waals surface area contributed by atoms with Gasteiger partial charge in [0.15, 0.2) is 0 Å². The van der Waals surface area contributed by atoms with E-state index in [1.165, 1.54) is 7.11 Å². The molecule has 0 amide bonds. The quantitative estimate of drug-likeness (QED) is 0.621. The van der Waals surface area contributed by atoms with Crippen molar-refractivity contribution in [2.24, 2.45) is 0 Å². The third-order valence-corrected chi connectivity index (χ3v) is 1.47. The topological polar surface area (TPSA) is 67.0 Å². The largest absolute Gasteiger partial charge is 0.464 e. The maximum Gasteiger partial charge on any atom is 0.356 e. The number of nitrogens with one attached hydrogen (secondary N) is 2. The molecule has 0 bridgehead atoms. The molecule has 1 rings (SSSR count). The van der Waals surface area contributed by atoms with Crippen LogP contribution in [-0.4, -0.2) is 30.3 Å². The Labute approximate surface area is 70.1 Å². The van der Waals surface area contributed by atoms with Crippen LogP contribution in [0.1, 0.15) is 16.1 Å². The Morgan fingerprint density at radius 3 is 3.17 bits per heavy atom. The lowest BCUT2D eigenvalue weighted by molar-refractivity contribution is 0.0592. The fraction of sp³-hybridized carbons (Fsp3) is 0.429. The Morgan fingerprint density at radius 1 is 1.83 bits per heavy atom. The molecule has 0 aliphatic carbocycles. The van der Waals surface area contributed by atoms with E-state index in [1.54, 1.807) is 13.2 Å². The zero-order valence-corrected chi connectivity index (χ0v) is 7.05. The van der Waals surface area contributed by atoms with Gasteiger partial charge in [-0.25, -0.2) is 4.79 Å². The first-order valence-corrected chi connectivity index (χ1v) is 3.54. The van der Waals surface area contributed by atoms with Gasteiger partial charge in [0.1, 0.15) is 5.69 Å². The van der Waals surface area contributed by atoms with Gasteiger partial charge in [0.05, 0.1) is 13.3 Å². The molecule has 0 spiro atoms. The minimum atomic E-state index is -0.391. The number of esters is 1. The van der Waals surface area contributed by atoms with Gasteiger partial charge in [-0.3, -0.25) is 5.10 Å². The number of aromatic nitrogens is 2. The molecule has 5 heteroatoms. The number of rotatable bonds is 3. The summed E-state index contributed by atoms with van der Waals surface area (Å²) in [5.41, 5.74) is 1.22. The normalized spacial score (nSPS) is 9.83. The zero-order chi connectivity index (χ0) is 8.97. The number of ether oxygens (including phenoxy) is 1. The molecule has 0 aromatic carbocycles. The highest BCUT2D eigenvalue weighted by atomic mass is 16.5. The summed E-state index contributed by atoms with van der Waals surface area (Å²) in [6.07, 6.45) is 1.60. The van der Waals surface area contributed by atoms with Gasteiger partial charge in [-0.15, -0.1) is 0 Å². The molecule has 0 aliphatic heterocycles. The summed E-state index contributed by atoms with van der Waals surface area (Å²) < 4.78 is 4.54. The summed E-state index contributed by atoms with van der Waals surface area (Å²) in [5.74, 6) is -0.391. The number of nitrogens with zero attached hydrogens (tertiary/aromatic N) is 1. The number of hydrogen-bond acceptors (Lipinski definition) is 4. The number of H-pyrrole nitrogens is 1. The van der Waals surface area contributed by atoms with Crippen molar-refractivity contribution in [2.45, 2.75) is 6.54 Å². The molecule has 1 aromatic rings. The minimum absolute atomic E-state index is 0.391. The van der Waals surface area contributed by atoms with Crippen LogP contribution in [0.15, 0.2) is 6.20 Å². The van der Waals surface area contributed by atoms with Gasteiger partial charge in [0.25, 0.3) is 0 Å². The smallest absolute Gasteiger partial charge is 0.356 e. The molecule has 66 valence electrons. The fourth-order valence-electron chi connectivity index (χ4n) is 0.914. The molecule has 0 aliphatic rings. The van der Waals surface area contributed by atoms with Crippen LogP contribution in [0.4, 0.5) is 0 Å². The molecule has 0 saturated carbocycles. The van der Waals surface area contributed by atoms with E-state index in [4.69, 9.17) is 0 Å². The number of carbonyl (C=O) groups is 1. The van der Waals surface area contributed by atoms with E-state index in [-0.39, 0.29) is 0 Å². The number of hydrogen-bond donors (Lipinski definition) is 2. The lowest BCUT2D eigenvalue weighted by Gasteiger charge is -1.98. The number of carbonyl (C=O) groups excluding carboxylic acids is 1. The first kappa shape index (κ1) is 8.73. The molecular weight excluding hydrogens is 158 g/mol. The van der Waals surface area contributed by atoms with Crippen LogP contribution < -0.4 is 5.32 Å². The van der Waals surface area contributed by atoms with Crippen LogP contribution in [0, 0.1) is 0 Å². The first-order chi connectivity index (χ1) is 5.79. The second kappa shape index (κ2) is 3.87. The van der Waals surface area contributed by atoms with E-state index in [1.807, 2.05) is 0 Å². The third-order valence-electron chi connectivity index (χ3n) is 1.47. The number of methoxy groups -OCH3 is 1. The highest BCUT2D eigenvalue weighted by Gasteiger charge is 2.12. The average molecular weight is 169 g/mol. The Morgan fingerprint density at radius 2 is 2.58 bits per heavy atom. The van der Waals surface area contributed by atoms with Gasteiger partial charge in [-0.1, -0.05) is 0 Å². The average Bonchev–Trinajstić information content (AvgIpc) is 2.52. The van der Waals surface area contributed by atoms with Crippen molar-refractivity contribution in [2.75, 3.05) is 14.2 Å². The van der Waals surface area contributed by atoms with Gasteiger partial charge in [0.2, 0.25) is 0 Å². The van der Waals surface area contributed by atoms with E-state index in [2.05, 4.69) is 20.3 Å².